The Labute approximate surface area is 153 Å². The van der Waals surface area contributed by atoms with E-state index in [9.17, 15) is 4.79 Å². The molecule has 3 heteroatoms. The first-order chi connectivity index (χ1) is 12.3. The largest absolute Gasteiger partial charge is 0.429 e. The quantitative estimate of drug-likeness (QED) is 0.219. The van der Waals surface area contributed by atoms with Crippen molar-refractivity contribution in [3.63, 3.8) is 0 Å². The lowest BCUT2D eigenvalue weighted by molar-refractivity contribution is -0.140. The van der Waals surface area contributed by atoms with Crippen molar-refractivity contribution in [3.8, 4) is 0 Å². The van der Waals surface area contributed by atoms with E-state index in [1.165, 1.54) is 25.7 Å². The third kappa shape index (κ3) is 13.4. The molecule has 0 bridgehead atoms. The van der Waals surface area contributed by atoms with Crippen LogP contribution in [0.2, 0.25) is 0 Å². The number of hydrogen-bond acceptors (Lipinski definition) is 3. The minimum Gasteiger partial charge on any atom is -0.429 e. The summed E-state index contributed by atoms with van der Waals surface area (Å²) in [6, 6.07) is 0. The van der Waals surface area contributed by atoms with E-state index >= 15 is 0 Å². The third-order valence-electron chi connectivity index (χ3n) is 3.94. The molecular weight excluding hydrogens is 312 g/mol. The van der Waals surface area contributed by atoms with Crippen molar-refractivity contribution in [1.82, 2.24) is 0 Å². The molecule has 25 heavy (non-hydrogen) atoms. The van der Waals surface area contributed by atoms with Crippen LogP contribution in [0.4, 0.5) is 0 Å². The summed E-state index contributed by atoms with van der Waals surface area (Å²) >= 11 is 0. The van der Waals surface area contributed by atoms with Crippen LogP contribution in [-0.2, 0) is 14.3 Å². The van der Waals surface area contributed by atoms with Crippen LogP contribution in [0.15, 0.2) is 48.3 Å². The zero-order valence-electron chi connectivity index (χ0n) is 15.8. The lowest BCUT2D eigenvalue weighted by Gasteiger charge is -2.03. The highest BCUT2D eigenvalue weighted by molar-refractivity contribution is 5.70. The number of ether oxygens (including phenoxy) is 2. The fraction of sp³-hybridized carbons (Fsp3) is 0.591. The van der Waals surface area contributed by atoms with Gasteiger partial charge in [-0.25, -0.2) is 0 Å². The molecule has 0 atom stereocenters. The highest BCUT2D eigenvalue weighted by Gasteiger charge is 2.10. The summed E-state index contributed by atoms with van der Waals surface area (Å²) in [5.74, 6) is 0.513. The van der Waals surface area contributed by atoms with Gasteiger partial charge in [-0.2, -0.15) is 0 Å². The molecule has 0 aromatic carbocycles. The standard InChI is InChI=1S/C22H34O3/c1-2-3-4-5-6-7-8-9-10-11-12-13-14-15-16-17-22(23)25-21-18-19-24-20-21/h6-7,9-10,12-13,18H,2-5,8,11,14-17,19-20H2,1H3. The SMILES string of the molecule is CCCCCC=CCC=CCC=CCCCCC(=O)OC1=CCOC1. The fourth-order valence-electron chi connectivity index (χ4n) is 2.46. The van der Waals surface area contributed by atoms with Gasteiger partial charge in [0.1, 0.15) is 12.4 Å². The van der Waals surface area contributed by atoms with Crippen LogP contribution < -0.4 is 0 Å². The summed E-state index contributed by atoms with van der Waals surface area (Å²) in [5.41, 5.74) is 0. The van der Waals surface area contributed by atoms with Crippen LogP contribution in [0.3, 0.4) is 0 Å². The van der Waals surface area contributed by atoms with Gasteiger partial charge in [0, 0.05) is 6.42 Å². The first kappa shape index (κ1) is 21.4. The lowest BCUT2D eigenvalue weighted by atomic mass is 10.1. The Morgan fingerprint density at radius 2 is 1.64 bits per heavy atom. The molecule has 1 rings (SSSR count). The summed E-state index contributed by atoms with van der Waals surface area (Å²) in [7, 11) is 0. The maximum absolute atomic E-state index is 11.6. The summed E-state index contributed by atoms with van der Waals surface area (Å²) in [4.78, 5) is 11.6. The van der Waals surface area contributed by atoms with Crippen LogP contribution in [0.25, 0.3) is 0 Å². The molecule has 0 radical (unpaired) electrons. The Balaban J connectivity index is 1.89. The van der Waals surface area contributed by atoms with Gasteiger partial charge in [-0.05, 0) is 51.0 Å². The van der Waals surface area contributed by atoms with E-state index in [0.717, 1.165) is 32.1 Å². The number of allylic oxidation sites excluding steroid dienone is 6. The van der Waals surface area contributed by atoms with Crippen molar-refractivity contribution in [3.05, 3.63) is 48.3 Å². The van der Waals surface area contributed by atoms with E-state index in [2.05, 4.69) is 43.4 Å². The highest BCUT2D eigenvalue weighted by atomic mass is 16.6. The van der Waals surface area contributed by atoms with Gasteiger partial charge in [0.15, 0.2) is 0 Å². The number of esters is 1. The van der Waals surface area contributed by atoms with E-state index in [4.69, 9.17) is 9.47 Å². The molecule has 0 aliphatic carbocycles. The molecule has 0 saturated carbocycles. The van der Waals surface area contributed by atoms with Crippen LogP contribution in [0, 0.1) is 0 Å². The van der Waals surface area contributed by atoms with Gasteiger partial charge in [-0.1, -0.05) is 56.2 Å². The van der Waals surface area contributed by atoms with Crippen molar-refractivity contribution < 1.29 is 14.3 Å². The van der Waals surface area contributed by atoms with Crippen molar-refractivity contribution in [1.29, 1.82) is 0 Å². The molecular formula is C22H34O3. The molecule has 1 heterocycles. The van der Waals surface area contributed by atoms with Crippen LogP contribution in [0.1, 0.15) is 71.1 Å². The van der Waals surface area contributed by atoms with E-state index < -0.39 is 0 Å². The zero-order chi connectivity index (χ0) is 18.0. The Morgan fingerprint density at radius 1 is 1.00 bits per heavy atom. The Bertz CT molecular complexity index is 458. The average molecular weight is 347 g/mol. The minimum atomic E-state index is -0.147. The van der Waals surface area contributed by atoms with E-state index in [1.54, 1.807) is 0 Å². The first-order valence-corrected chi connectivity index (χ1v) is 9.75. The van der Waals surface area contributed by atoms with E-state index in [-0.39, 0.29) is 5.97 Å². The molecule has 0 spiro atoms. The second-order valence-electron chi connectivity index (χ2n) is 6.29. The lowest BCUT2D eigenvalue weighted by Crippen LogP contribution is -2.05. The summed E-state index contributed by atoms with van der Waals surface area (Å²) < 4.78 is 10.3. The van der Waals surface area contributed by atoms with E-state index in [1.807, 2.05) is 6.08 Å². The third-order valence-corrected chi connectivity index (χ3v) is 3.94. The predicted octanol–water partition coefficient (Wildman–Crippen LogP) is 6.03. The monoisotopic (exact) mass is 346 g/mol. The highest BCUT2D eigenvalue weighted by Crippen LogP contribution is 2.09. The second kappa shape index (κ2) is 15.9. The number of unbranched alkanes of at least 4 members (excludes halogenated alkanes) is 5. The van der Waals surface area contributed by atoms with E-state index in [0.29, 0.717) is 25.4 Å². The van der Waals surface area contributed by atoms with Gasteiger partial charge in [0.2, 0.25) is 0 Å². The average Bonchev–Trinajstić information content (AvgIpc) is 3.11. The first-order valence-electron chi connectivity index (χ1n) is 9.75. The van der Waals surface area contributed by atoms with Crippen molar-refractivity contribution in [2.75, 3.05) is 13.2 Å². The second-order valence-corrected chi connectivity index (χ2v) is 6.29. The number of carbonyl (C=O) groups excluding carboxylic acids is 1. The van der Waals surface area contributed by atoms with Gasteiger partial charge in [0.05, 0.1) is 6.61 Å². The van der Waals surface area contributed by atoms with Gasteiger partial charge < -0.3 is 9.47 Å². The summed E-state index contributed by atoms with van der Waals surface area (Å²) in [6.45, 7) is 3.22. The molecule has 140 valence electrons. The van der Waals surface area contributed by atoms with Gasteiger partial charge in [-0.3, -0.25) is 4.79 Å². The van der Waals surface area contributed by atoms with Crippen LogP contribution in [0.5, 0.6) is 0 Å². The molecule has 0 amide bonds. The Kier molecular flexibility index (Phi) is 13.6. The van der Waals surface area contributed by atoms with Crippen molar-refractivity contribution >= 4 is 5.97 Å². The predicted molar refractivity (Wildman–Crippen MR) is 104 cm³/mol. The molecule has 1 aliphatic heterocycles. The molecule has 0 fully saturated rings. The number of rotatable bonds is 14. The van der Waals surface area contributed by atoms with Gasteiger partial charge in [-0.15, -0.1) is 0 Å². The smallest absolute Gasteiger partial charge is 0.310 e. The maximum Gasteiger partial charge on any atom is 0.310 e. The van der Waals surface area contributed by atoms with Gasteiger partial charge >= 0.3 is 5.97 Å². The fourth-order valence-corrected chi connectivity index (χ4v) is 2.46. The molecule has 0 unspecified atom stereocenters. The van der Waals surface area contributed by atoms with Gasteiger partial charge in [0.25, 0.3) is 0 Å². The number of hydrogen-bond donors (Lipinski definition) is 0. The summed E-state index contributed by atoms with van der Waals surface area (Å²) in [5, 5.41) is 0. The minimum absolute atomic E-state index is 0.147. The van der Waals surface area contributed by atoms with Crippen LogP contribution in [-0.4, -0.2) is 19.2 Å². The summed E-state index contributed by atoms with van der Waals surface area (Å²) in [6.07, 6.45) is 25.7. The molecule has 3 nitrogen and oxygen atoms in total. The molecule has 0 aromatic rings. The molecule has 1 aliphatic rings. The molecule has 0 aromatic heterocycles. The van der Waals surface area contributed by atoms with Crippen molar-refractivity contribution in [2.45, 2.75) is 71.1 Å². The zero-order valence-corrected chi connectivity index (χ0v) is 15.8. The van der Waals surface area contributed by atoms with Crippen molar-refractivity contribution in [2.24, 2.45) is 0 Å². The molecule has 0 saturated heterocycles. The maximum atomic E-state index is 11.6. The topological polar surface area (TPSA) is 35.5 Å². The molecule has 0 N–H and O–H groups in total. The number of carbonyl (C=O) groups is 1. The Morgan fingerprint density at radius 3 is 2.24 bits per heavy atom. The van der Waals surface area contributed by atoms with Crippen LogP contribution >= 0.6 is 0 Å². The normalized spacial score (nSPS) is 14.8. The Hall–Kier alpha value is -1.61.